The van der Waals surface area contributed by atoms with Crippen LogP contribution in [0.3, 0.4) is 0 Å². The number of para-hydroxylation sites is 1. The van der Waals surface area contributed by atoms with Crippen LogP contribution in [0.25, 0.3) is 0 Å². The van der Waals surface area contributed by atoms with Crippen molar-refractivity contribution < 1.29 is 9.90 Å². The number of aromatic carboxylic acids is 1. The Morgan fingerprint density at radius 3 is 2.69 bits per heavy atom. The second-order valence-electron chi connectivity index (χ2n) is 4.90. The molecule has 1 heterocycles. The van der Waals surface area contributed by atoms with Gasteiger partial charge in [0, 0.05) is 13.1 Å². The molecule has 0 radical (unpaired) electrons. The highest BCUT2D eigenvalue weighted by Gasteiger charge is 2.24. The van der Waals surface area contributed by atoms with E-state index in [1.54, 1.807) is 12.1 Å². The first kappa shape index (κ1) is 10.8. The van der Waals surface area contributed by atoms with Crippen molar-refractivity contribution in [3.05, 3.63) is 23.8 Å². The maximum Gasteiger partial charge on any atom is 0.337 e. The van der Waals surface area contributed by atoms with Crippen LogP contribution < -0.4 is 10.6 Å². The van der Waals surface area contributed by atoms with Crippen LogP contribution in [0.4, 0.5) is 11.4 Å². The van der Waals surface area contributed by atoms with Gasteiger partial charge in [0.1, 0.15) is 0 Å². The van der Waals surface area contributed by atoms with Crippen molar-refractivity contribution in [1.82, 2.24) is 0 Å². The van der Waals surface area contributed by atoms with Gasteiger partial charge in [-0.2, -0.15) is 0 Å². The Bertz CT molecular complexity index is 427. The number of carboxylic acids is 1. The lowest BCUT2D eigenvalue weighted by Crippen LogP contribution is -2.28. The van der Waals surface area contributed by atoms with Crippen LogP contribution in [-0.4, -0.2) is 24.2 Å². The van der Waals surface area contributed by atoms with Crippen LogP contribution in [0.5, 0.6) is 0 Å². The Morgan fingerprint density at radius 1 is 1.31 bits per heavy atom. The highest BCUT2D eigenvalue weighted by atomic mass is 16.4. The molecule has 3 N–H and O–H groups in total. The van der Waals surface area contributed by atoms with Crippen LogP contribution >= 0.6 is 0 Å². The molecule has 0 amide bonds. The number of benzene rings is 1. The number of carbonyl (C=O) groups is 1. The predicted octanol–water partition coefficient (Wildman–Crippen LogP) is 2.25. The number of carboxylic acid groups (broad SMARTS) is 1. The van der Waals surface area contributed by atoms with Crippen molar-refractivity contribution in [3.63, 3.8) is 0 Å². The Hall–Kier alpha value is -1.71. The SMILES string of the molecule is CC1(C)CNc2cccc(C(=O)O)c2NC1. The van der Waals surface area contributed by atoms with E-state index in [2.05, 4.69) is 24.5 Å². The third kappa shape index (κ3) is 1.96. The van der Waals surface area contributed by atoms with Crippen molar-refractivity contribution in [2.45, 2.75) is 13.8 Å². The van der Waals surface area contributed by atoms with Crippen molar-refractivity contribution in [1.29, 1.82) is 0 Å². The van der Waals surface area contributed by atoms with Gasteiger partial charge in [0.15, 0.2) is 0 Å². The highest BCUT2D eigenvalue weighted by molar-refractivity contribution is 5.98. The molecular formula is C12H16N2O2. The Kier molecular flexibility index (Phi) is 2.50. The van der Waals surface area contributed by atoms with Crippen molar-refractivity contribution >= 4 is 17.3 Å². The summed E-state index contributed by atoms with van der Waals surface area (Å²) >= 11 is 0. The molecule has 86 valence electrons. The van der Waals surface area contributed by atoms with E-state index in [4.69, 9.17) is 5.11 Å². The van der Waals surface area contributed by atoms with Crippen molar-refractivity contribution in [3.8, 4) is 0 Å². The molecule has 0 atom stereocenters. The zero-order valence-electron chi connectivity index (χ0n) is 9.50. The fraction of sp³-hybridized carbons (Fsp3) is 0.417. The van der Waals surface area contributed by atoms with E-state index in [0.29, 0.717) is 11.3 Å². The summed E-state index contributed by atoms with van der Waals surface area (Å²) in [7, 11) is 0. The highest BCUT2D eigenvalue weighted by Crippen LogP contribution is 2.31. The Labute approximate surface area is 94.7 Å². The second-order valence-corrected chi connectivity index (χ2v) is 4.90. The molecule has 0 aliphatic carbocycles. The van der Waals surface area contributed by atoms with Gasteiger partial charge in [-0.05, 0) is 17.5 Å². The molecule has 1 aromatic rings. The minimum Gasteiger partial charge on any atom is -0.478 e. The van der Waals surface area contributed by atoms with E-state index < -0.39 is 5.97 Å². The molecular weight excluding hydrogens is 204 g/mol. The largest absolute Gasteiger partial charge is 0.478 e. The van der Waals surface area contributed by atoms with Gasteiger partial charge < -0.3 is 15.7 Å². The number of fused-ring (bicyclic) bond motifs is 1. The minimum absolute atomic E-state index is 0.106. The van der Waals surface area contributed by atoms with E-state index in [1.165, 1.54) is 0 Å². The third-order valence-electron chi connectivity index (χ3n) is 2.80. The number of nitrogens with one attached hydrogen (secondary N) is 2. The van der Waals surface area contributed by atoms with Gasteiger partial charge in [-0.15, -0.1) is 0 Å². The van der Waals surface area contributed by atoms with Crippen LogP contribution in [-0.2, 0) is 0 Å². The molecule has 4 nitrogen and oxygen atoms in total. The number of anilines is 2. The van der Waals surface area contributed by atoms with E-state index >= 15 is 0 Å². The predicted molar refractivity (Wildman–Crippen MR) is 64.2 cm³/mol. The number of hydrogen-bond donors (Lipinski definition) is 3. The average molecular weight is 220 g/mol. The molecule has 16 heavy (non-hydrogen) atoms. The average Bonchev–Trinajstić information content (AvgIpc) is 2.38. The first-order chi connectivity index (χ1) is 7.49. The van der Waals surface area contributed by atoms with E-state index in [0.717, 1.165) is 18.8 Å². The van der Waals surface area contributed by atoms with Crippen LogP contribution in [0.15, 0.2) is 18.2 Å². The molecule has 1 aromatic carbocycles. The molecule has 1 aliphatic heterocycles. The quantitative estimate of drug-likeness (QED) is 0.679. The lowest BCUT2D eigenvalue weighted by molar-refractivity contribution is 0.0698. The fourth-order valence-corrected chi connectivity index (χ4v) is 1.79. The van der Waals surface area contributed by atoms with Gasteiger partial charge in [-0.25, -0.2) is 4.79 Å². The maximum atomic E-state index is 11.1. The molecule has 0 saturated heterocycles. The molecule has 0 spiro atoms. The van der Waals surface area contributed by atoms with Gasteiger partial charge in [-0.1, -0.05) is 19.9 Å². The number of hydrogen-bond acceptors (Lipinski definition) is 3. The van der Waals surface area contributed by atoms with Crippen LogP contribution in [0, 0.1) is 5.41 Å². The standard InChI is InChI=1S/C12H16N2O2/c1-12(2)6-13-9-5-3-4-8(11(15)16)10(9)14-7-12/h3-5,13-14H,6-7H2,1-2H3,(H,15,16). The minimum atomic E-state index is -0.897. The lowest BCUT2D eigenvalue weighted by atomic mass is 9.94. The lowest BCUT2D eigenvalue weighted by Gasteiger charge is -2.21. The summed E-state index contributed by atoms with van der Waals surface area (Å²) < 4.78 is 0. The van der Waals surface area contributed by atoms with Gasteiger partial charge in [0.2, 0.25) is 0 Å². The van der Waals surface area contributed by atoms with E-state index in [-0.39, 0.29) is 5.41 Å². The topological polar surface area (TPSA) is 61.4 Å². The molecule has 1 aliphatic rings. The summed E-state index contributed by atoms with van der Waals surface area (Å²) in [5, 5.41) is 15.6. The van der Waals surface area contributed by atoms with Gasteiger partial charge in [-0.3, -0.25) is 0 Å². The monoisotopic (exact) mass is 220 g/mol. The fourth-order valence-electron chi connectivity index (χ4n) is 1.79. The van der Waals surface area contributed by atoms with Gasteiger partial charge in [0.25, 0.3) is 0 Å². The summed E-state index contributed by atoms with van der Waals surface area (Å²) in [6.45, 7) is 5.87. The molecule has 0 bridgehead atoms. The molecule has 0 saturated carbocycles. The van der Waals surface area contributed by atoms with E-state index in [9.17, 15) is 4.79 Å². The van der Waals surface area contributed by atoms with Crippen LogP contribution in [0.2, 0.25) is 0 Å². The second kappa shape index (κ2) is 3.70. The Morgan fingerprint density at radius 2 is 2.00 bits per heavy atom. The summed E-state index contributed by atoms with van der Waals surface area (Å²) in [6, 6.07) is 5.28. The van der Waals surface area contributed by atoms with Crippen LogP contribution in [0.1, 0.15) is 24.2 Å². The molecule has 0 fully saturated rings. The zero-order chi connectivity index (χ0) is 11.8. The Balaban J connectivity index is 2.42. The molecule has 4 heteroatoms. The maximum absolute atomic E-state index is 11.1. The smallest absolute Gasteiger partial charge is 0.337 e. The first-order valence-electron chi connectivity index (χ1n) is 5.34. The molecule has 0 unspecified atom stereocenters. The first-order valence-corrected chi connectivity index (χ1v) is 5.34. The summed E-state index contributed by atoms with van der Waals surface area (Å²) in [5.41, 5.74) is 1.99. The summed E-state index contributed by atoms with van der Waals surface area (Å²) in [4.78, 5) is 11.1. The van der Waals surface area contributed by atoms with Gasteiger partial charge >= 0.3 is 5.97 Å². The van der Waals surface area contributed by atoms with Crippen molar-refractivity contribution in [2.24, 2.45) is 5.41 Å². The number of rotatable bonds is 1. The zero-order valence-corrected chi connectivity index (χ0v) is 9.50. The third-order valence-corrected chi connectivity index (χ3v) is 2.80. The van der Waals surface area contributed by atoms with E-state index in [1.807, 2.05) is 6.07 Å². The normalized spacial score (nSPS) is 17.6. The summed E-state index contributed by atoms with van der Waals surface area (Å²) in [6.07, 6.45) is 0. The molecule has 0 aromatic heterocycles. The van der Waals surface area contributed by atoms with Gasteiger partial charge in [0.05, 0.1) is 16.9 Å². The van der Waals surface area contributed by atoms with Crippen molar-refractivity contribution in [2.75, 3.05) is 23.7 Å². The summed E-state index contributed by atoms with van der Waals surface area (Å²) in [5.74, 6) is -0.897. The molecule has 2 rings (SSSR count).